The highest BCUT2D eigenvalue weighted by molar-refractivity contribution is 5.32. The number of benzene rings is 1. The summed E-state index contributed by atoms with van der Waals surface area (Å²) in [4.78, 5) is 2.03. The van der Waals surface area contributed by atoms with E-state index >= 15 is 0 Å². The monoisotopic (exact) mass is 270 g/mol. The number of nitrogens with zero attached hydrogens (tertiary/aromatic N) is 2. The molecular formula is C13H13F3N2O. The van der Waals surface area contributed by atoms with E-state index in [1.807, 2.05) is 4.90 Å². The molecule has 1 unspecified atom stereocenters. The molecule has 6 heteroatoms. The minimum atomic E-state index is -4.69. The topological polar surface area (TPSA) is 36.3 Å². The zero-order chi connectivity index (χ0) is 13.9. The Balaban J connectivity index is 2.10. The molecule has 102 valence electrons. The van der Waals surface area contributed by atoms with Crippen LogP contribution in [0.3, 0.4) is 0 Å². The standard InChI is InChI=1S/C13H13F3N2O/c14-13(15,16)19-11-5-3-10(4-6-11)12(9-17)18-7-1-2-8-18/h3-6,12H,1-2,7-8H2. The summed E-state index contributed by atoms with van der Waals surface area (Å²) in [5, 5.41) is 9.19. The van der Waals surface area contributed by atoms with Crippen LogP contribution in [0, 0.1) is 11.3 Å². The predicted octanol–water partition coefficient (Wildman–Crippen LogP) is 3.25. The van der Waals surface area contributed by atoms with Gasteiger partial charge in [-0.2, -0.15) is 5.26 Å². The number of nitriles is 1. The molecule has 1 atom stereocenters. The number of halogens is 3. The number of ether oxygens (including phenoxy) is 1. The van der Waals surface area contributed by atoms with Crippen molar-refractivity contribution in [3.8, 4) is 11.8 Å². The molecule has 0 N–H and O–H groups in total. The molecule has 1 aromatic rings. The molecule has 0 amide bonds. The second-order valence-corrected chi connectivity index (χ2v) is 4.39. The molecule has 0 aromatic heterocycles. The van der Waals surface area contributed by atoms with Crippen molar-refractivity contribution in [2.75, 3.05) is 13.1 Å². The Morgan fingerprint density at radius 1 is 1.16 bits per heavy atom. The van der Waals surface area contributed by atoms with Gasteiger partial charge in [0.1, 0.15) is 11.8 Å². The first-order valence-electron chi connectivity index (χ1n) is 5.99. The smallest absolute Gasteiger partial charge is 0.406 e. The second kappa shape index (κ2) is 5.49. The van der Waals surface area contributed by atoms with Crippen LogP contribution in [0.1, 0.15) is 24.4 Å². The van der Waals surface area contributed by atoms with Gasteiger partial charge in [-0.15, -0.1) is 13.2 Å². The lowest BCUT2D eigenvalue weighted by atomic mass is 10.1. The van der Waals surface area contributed by atoms with Gasteiger partial charge >= 0.3 is 6.36 Å². The van der Waals surface area contributed by atoms with Crippen molar-refractivity contribution in [3.63, 3.8) is 0 Å². The molecule has 1 aromatic carbocycles. The Hall–Kier alpha value is -1.74. The Kier molecular flexibility index (Phi) is 3.96. The van der Waals surface area contributed by atoms with Crippen LogP contribution in [0.2, 0.25) is 0 Å². The Bertz CT molecular complexity index is 458. The summed E-state index contributed by atoms with van der Waals surface area (Å²) >= 11 is 0. The number of likely N-dealkylation sites (tertiary alicyclic amines) is 1. The highest BCUT2D eigenvalue weighted by Crippen LogP contribution is 2.28. The van der Waals surface area contributed by atoms with Crippen molar-refractivity contribution in [2.45, 2.75) is 25.2 Å². The van der Waals surface area contributed by atoms with Crippen LogP contribution in [-0.2, 0) is 0 Å². The van der Waals surface area contributed by atoms with Gasteiger partial charge in [-0.25, -0.2) is 0 Å². The molecule has 0 radical (unpaired) electrons. The normalized spacial score (nSPS) is 18.0. The van der Waals surface area contributed by atoms with E-state index in [2.05, 4.69) is 10.8 Å². The molecular weight excluding hydrogens is 257 g/mol. The number of hydrogen-bond acceptors (Lipinski definition) is 3. The SMILES string of the molecule is N#CC(c1ccc(OC(F)(F)F)cc1)N1CCCC1. The van der Waals surface area contributed by atoms with Crippen molar-refractivity contribution < 1.29 is 17.9 Å². The van der Waals surface area contributed by atoms with E-state index in [9.17, 15) is 18.4 Å². The van der Waals surface area contributed by atoms with Gasteiger partial charge in [0.15, 0.2) is 0 Å². The number of hydrogen-bond donors (Lipinski definition) is 0. The van der Waals surface area contributed by atoms with E-state index in [1.54, 1.807) is 0 Å². The van der Waals surface area contributed by atoms with Crippen molar-refractivity contribution in [1.29, 1.82) is 5.26 Å². The summed E-state index contributed by atoms with van der Waals surface area (Å²) in [5.41, 5.74) is 0.693. The maximum Gasteiger partial charge on any atom is 0.573 e. The van der Waals surface area contributed by atoms with Gasteiger partial charge in [0.25, 0.3) is 0 Å². The van der Waals surface area contributed by atoms with Gasteiger partial charge < -0.3 is 4.74 Å². The molecule has 1 heterocycles. The van der Waals surface area contributed by atoms with Crippen LogP contribution in [0.25, 0.3) is 0 Å². The lowest BCUT2D eigenvalue weighted by Crippen LogP contribution is -2.24. The molecule has 3 nitrogen and oxygen atoms in total. The number of alkyl halides is 3. The lowest BCUT2D eigenvalue weighted by Gasteiger charge is -2.21. The third-order valence-corrected chi connectivity index (χ3v) is 3.06. The molecule has 0 spiro atoms. The average molecular weight is 270 g/mol. The fourth-order valence-corrected chi connectivity index (χ4v) is 2.22. The van der Waals surface area contributed by atoms with E-state index in [-0.39, 0.29) is 5.75 Å². The quantitative estimate of drug-likeness (QED) is 0.846. The summed E-state index contributed by atoms with van der Waals surface area (Å²) in [6.45, 7) is 1.69. The first-order chi connectivity index (χ1) is 8.99. The molecule has 1 fully saturated rings. The Labute approximate surface area is 109 Å². The molecule has 2 rings (SSSR count). The van der Waals surface area contributed by atoms with Gasteiger partial charge in [-0.1, -0.05) is 12.1 Å². The second-order valence-electron chi connectivity index (χ2n) is 4.39. The van der Waals surface area contributed by atoms with Crippen molar-refractivity contribution in [3.05, 3.63) is 29.8 Å². The van der Waals surface area contributed by atoms with Crippen LogP contribution in [0.5, 0.6) is 5.75 Å². The molecule has 1 aliphatic heterocycles. The van der Waals surface area contributed by atoms with E-state index in [0.29, 0.717) is 5.56 Å². The first kappa shape index (κ1) is 13.7. The zero-order valence-corrected chi connectivity index (χ0v) is 10.2. The zero-order valence-electron chi connectivity index (χ0n) is 10.2. The molecule has 0 saturated carbocycles. The van der Waals surface area contributed by atoms with Gasteiger partial charge in [0.2, 0.25) is 0 Å². The summed E-state index contributed by atoms with van der Waals surface area (Å²) in [6.07, 6.45) is -2.59. The maximum atomic E-state index is 12.0. The van der Waals surface area contributed by atoms with Gasteiger partial charge in [0, 0.05) is 0 Å². The lowest BCUT2D eigenvalue weighted by molar-refractivity contribution is -0.274. The van der Waals surface area contributed by atoms with Crippen molar-refractivity contribution in [1.82, 2.24) is 4.90 Å². The summed E-state index contributed by atoms with van der Waals surface area (Å²) in [5.74, 6) is -0.269. The largest absolute Gasteiger partial charge is 0.573 e. The fourth-order valence-electron chi connectivity index (χ4n) is 2.22. The summed E-state index contributed by atoms with van der Waals surface area (Å²) in [6, 6.07) is 7.28. The highest BCUT2D eigenvalue weighted by Gasteiger charge is 2.31. The van der Waals surface area contributed by atoms with Crippen LogP contribution in [0.4, 0.5) is 13.2 Å². The molecule has 0 bridgehead atoms. The minimum Gasteiger partial charge on any atom is -0.406 e. The Morgan fingerprint density at radius 2 is 1.74 bits per heavy atom. The van der Waals surface area contributed by atoms with Crippen molar-refractivity contribution >= 4 is 0 Å². The van der Waals surface area contributed by atoms with Crippen LogP contribution in [-0.4, -0.2) is 24.4 Å². The van der Waals surface area contributed by atoms with E-state index < -0.39 is 12.4 Å². The minimum absolute atomic E-state index is 0.269. The van der Waals surface area contributed by atoms with E-state index in [0.717, 1.165) is 25.9 Å². The predicted molar refractivity (Wildman–Crippen MR) is 62.3 cm³/mol. The number of rotatable bonds is 3. The first-order valence-corrected chi connectivity index (χ1v) is 5.99. The molecule has 1 saturated heterocycles. The van der Waals surface area contributed by atoms with Crippen LogP contribution < -0.4 is 4.74 Å². The van der Waals surface area contributed by atoms with Crippen LogP contribution >= 0.6 is 0 Å². The molecule has 0 aliphatic carbocycles. The molecule has 19 heavy (non-hydrogen) atoms. The fraction of sp³-hybridized carbons (Fsp3) is 0.462. The van der Waals surface area contributed by atoms with Crippen molar-refractivity contribution in [2.24, 2.45) is 0 Å². The van der Waals surface area contributed by atoms with E-state index in [1.165, 1.54) is 24.3 Å². The average Bonchev–Trinajstić information content (AvgIpc) is 2.84. The van der Waals surface area contributed by atoms with E-state index in [4.69, 9.17) is 0 Å². The molecule has 1 aliphatic rings. The van der Waals surface area contributed by atoms with Gasteiger partial charge in [-0.3, -0.25) is 4.90 Å². The van der Waals surface area contributed by atoms with Gasteiger partial charge in [-0.05, 0) is 43.6 Å². The van der Waals surface area contributed by atoms with Crippen LogP contribution in [0.15, 0.2) is 24.3 Å². The Morgan fingerprint density at radius 3 is 2.21 bits per heavy atom. The third-order valence-electron chi connectivity index (χ3n) is 3.06. The summed E-state index contributed by atoms with van der Waals surface area (Å²) < 4.78 is 39.9. The maximum absolute atomic E-state index is 12.0. The third kappa shape index (κ3) is 3.61. The van der Waals surface area contributed by atoms with Gasteiger partial charge in [0.05, 0.1) is 6.07 Å². The highest BCUT2D eigenvalue weighted by atomic mass is 19.4. The summed E-state index contributed by atoms with van der Waals surface area (Å²) in [7, 11) is 0.